The Kier molecular flexibility index (Phi) is 6.11. The highest BCUT2D eigenvalue weighted by atomic mass is 19.4. The smallest absolute Gasteiger partial charge is 0.381 e. The minimum Gasteiger partial charge on any atom is -0.381 e. The number of anilines is 1. The van der Waals surface area contributed by atoms with Gasteiger partial charge in [0, 0.05) is 37.8 Å². The minimum atomic E-state index is -4.51. The van der Waals surface area contributed by atoms with Crippen LogP contribution in [0.1, 0.15) is 43.2 Å². The molecule has 2 fully saturated rings. The molecule has 0 aromatic heterocycles. The zero-order chi connectivity index (χ0) is 22.2. The number of alkyl halides is 3. The largest absolute Gasteiger partial charge is 0.416 e. The Bertz CT molecular complexity index is 842. The van der Waals surface area contributed by atoms with E-state index < -0.39 is 17.8 Å². The van der Waals surface area contributed by atoms with Gasteiger partial charge in [-0.2, -0.15) is 13.2 Å². The SMILES string of the molecule is NC(=O)N1CN(C(=O)C2CCC(NC3CCOCC3)C2)Cc2cc(C(F)(F)F)ccc21. The molecule has 0 radical (unpaired) electrons. The number of carbonyl (C=O) groups excluding carboxylic acids is 2. The van der Waals surface area contributed by atoms with Gasteiger partial charge >= 0.3 is 12.2 Å². The average Bonchev–Trinajstić information content (AvgIpc) is 3.20. The number of fused-ring (bicyclic) bond motifs is 1. The summed E-state index contributed by atoms with van der Waals surface area (Å²) in [5, 5.41) is 3.61. The van der Waals surface area contributed by atoms with Gasteiger partial charge in [-0.25, -0.2) is 4.79 Å². The quantitative estimate of drug-likeness (QED) is 0.757. The average molecular weight is 440 g/mol. The molecule has 1 saturated carbocycles. The second kappa shape index (κ2) is 8.66. The lowest BCUT2D eigenvalue weighted by atomic mass is 10.0. The maximum Gasteiger partial charge on any atom is 0.416 e. The number of ether oxygens (including phenoxy) is 1. The first kappa shape index (κ1) is 21.9. The van der Waals surface area contributed by atoms with Gasteiger partial charge in [0.2, 0.25) is 5.91 Å². The van der Waals surface area contributed by atoms with Gasteiger partial charge in [0.15, 0.2) is 0 Å². The minimum absolute atomic E-state index is 0.0242. The Morgan fingerprint density at radius 1 is 1.10 bits per heavy atom. The van der Waals surface area contributed by atoms with Crippen LogP contribution in [0.2, 0.25) is 0 Å². The first-order valence-corrected chi connectivity index (χ1v) is 10.6. The van der Waals surface area contributed by atoms with Gasteiger partial charge in [0.1, 0.15) is 6.67 Å². The molecule has 2 aliphatic heterocycles. The molecule has 1 aromatic carbocycles. The number of hydrogen-bond acceptors (Lipinski definition) is 4. The topological polar surface area (TPSA) is 87.9 Å². The number of hydrogen-bond donors (Lipinski definition) is 2. The van der Waals surface area contributed by atoms with Crippen LogP contribution >= 0.6 is 0 Å². The molecule has 1 aromatic rings. The van der Waals surface area contributed by atoms with Crippen LogP contribution in [-0.2, 0) is 22.3 Å². The molecule has 2 atom stereocenters. The molecule has 170 valence electrons. The third-order valence-corrected chi connectivity index (χ3v) is 6.42. The van der Waals surface area contributed by atoms with E-state index in [1.165, 1.54) is 11.0 Å². The van der Waals surface area contributed by atoms with Crippen LogP contribution in [-0.4, -0.2) is 48.8 Å². The van der Waals surface area contributed by atoms with E-state index in [1.807, 2.05) is 0 Å². The normalized spacial score (nSPS) is 24.9. The van der Waals surface area contributed by atoms with Crippen molar-refractivity contribution in [1.29, 1.82) is 0 Å². The molecule has 3 aliphatic rings. The number of nitrogens with zero attached hydrogens (tertiary/aromatic N) is 2. The standard InChI is InChI=1S/C21H27F3N4O3/c22-21(23,24)15-2-4-18-14(9-15)11-27(12-28(18)20(25)30)19(29)13-1-3-17(10-13)26-16-5-7-31-8-6-16/h2,4,9,13,16-17,26H,1,3,5-8,10-12H2,(H2,25,30). The monoisotopic (exact) mass is 440 g/mol. The van der Waals surface area contributed by atoms with Gasteiger partial charge in [-0.3, -0.25) is 9.69 Å². The first-order chi connectivity index (χ1) is 14.7. The summed E-state index contributed by atoms with van der Waals surface area (Å²) < 4.78 is 44.8. The van der Waals surface area contributed by atoms with Gasteiger partial charge < -0.3 is 20.7 Å². The lowest BCUT2D eigenvalue weighted by Crippen LogP contribution is -2.51. The molecule has 3 N–H and O–H groups in total. The summed E-state index contributed by atoms with van der Waals surface area (Å²) in [4.78, 5) is 27.7. The molecule has 2 heterocycles. The van der Waals surface area contributed by atoms with Crippen molar-refractivity contribution in [3.63, 3.8) is 0 Å². The number of primary amides is 1. The zero-order valence-electron chi connectivity index (χ0n) is 17.2. The first-order valence-electron chi connectivity index (χ1n) is 10.6. The molecule has 1 saturated heterocycles. The molecule has 1 aliphatic carbocycles. The fourth-order valence-corrected chi connectivity index (χ4v) is 4.80. The Morgan fingerprint density at radius 3 is 2.52 bits per heavy atom. The van der Waals surface area contributed by atoms with Crippen molar-refractivity contribution in [3.8, 4) is 0 Å². The van der Waals surface area contributed by atoms with Crippen molar-refractivity contribution in [2.45, 2.75) is 56.9 Å². The summed E-state index contributed by atoms with van der Waals surface area (Å²) in [5.41, 5.74) is 5.22. The lowest BCUT2D eigenvalue weighted by molar-refractivity contribution is -0.137. The highest BCUT2D eigenvalue weighted by molar-refractivity contribution is 5.93. The summed E-state index contributed by atoms with van der Waals surface area (Å²) in [6.07, 6.45) is -0.343. The third-order valence-electron chi connectivity index (χ3n) is 6.42. The van der Waals surface area contributed by atoms with Crippen LogP contribution in [0.4, 0.5) is 23.7 Å². The fraction of sp³-hybridized carbons (Fsp3) is 0.619. The molecular weight excluding hydrogens is 413 g/mol. The molecule has 7 nitrogen and oxygen atoms in total. The summed E-state index contributed by atoms with van der Waals surface area (Å²) in [7, 11) is 0. The number of halogens is 3. The molecule has 31 heavy (non-hydrogen) atoms. The van der Waals surface area contributed by atoms with E-state index in [-0.39, 0.29) is 36.6 Å². The van der Waals surface area contributed by atoms with Crippen molar-refractivity contribution in [3.05, 3.63) is 29.3 Å². The Hall–Kier alpha value is -2.33. The highest BCUT2D eigenvalue weighted by Gasteiger charge is 2.38. The van der Waals surface area contributed by atoms with Crippen LogP contribution in [0.5, 0.6) is 0 Å². The van der Waals surface area contributed by atoms with Gasteiger partial charge in [0.25, 0.3) is 0 Å². The summed E-state index contributed by atoms with van der Waals surface area (Å²) in [6, 6.07) is 2.99. The number of nitrogens with one attached hydrogen (secondary N) is 1. The number of amides is 3. The molecule has 3 amide bonds. The summed E-state index contributed by atoms with van der Waals surface area (Å²) in [6.45, 7) is 1.45. The van der Waals surface area contributed by atoms with Gasteiger partial charge in [0.05, 0.1) is 11.3 Å². The van der Waals surface area contributed by atoms with E-state index in [9.17, 15) is 22.8 Å². The van der Waals surface area contributed by atoms with Crippen molar-refractivity contribution in [1.82, 2.24) is 10.2 Å². The van der Waals surface area contributed by atoms with Gasteiger partial charge in [-0.1, -0.05) is 0 Å². The number of urea groups is 1. The van der Waals surface area contributed by atoms with Crippen LogP contribution < -0.4 is 16.0 Å². The molecule has 2 unspecified atom stereocenters. The maximum atomic E-state index is 13.2. The summed E-state index contributed by atoms with van der Waals surface area (Å²) in [5.74, 6) is -0.370. The van der Waals surface area contributed by atoms with Crippen LogP contribution in [0.3, 0.4) is 0 Å². The zero-order valence-corrected chi connectivity index (χ0v) is 17.2. The van der Waals surface area contributed by atoms with Crippen molar-refractivity contribution >= 4 is 17.6 Å². The van der Waals surface area contributed by atoms with E-state index in [0.717, 1.165) is 49.5 Å². The second-order valence-electron chi connectivity index (χ2n) is 8.55. The Labute approximate surface area is 178 Å². The second-order valence-corrected chi connectivity index (χ2v) is 8.55. The molecule has 10 heteroatoms. The fourth-order valence-electron chi connectivity index (χ4n) is 4.80. The molecular formula is C21H27F3N4O3. The van der Waals surface area contributed by atoms with Crippen LogP contribution in [0, 0.1) is 5.92 Å². The van der Waals surface area contributed by atoms with Gasteiger partial charge in [-0.15, -0.1) is 0 Å². The van der Waals surface area contributed by atoms with Crippen molar-refractivity contribution in [2.24, 2.45) is 11.7 Å². The number of carbonyl (C=O) groups is 2. The lowest BCUT2D eigenvalue weighted by Gasteiger charge is -2.37. The van der Waals surface area contributed by atoms with Crippen LogP contribution in [0.15, 0.2) is 18.2 Å². The maximum absolute atomic E-state index is 13.2. The van der Waals surface area contributed by atoms with Crippen LogP contribution in [0.25, 0.3) is 0 Å². The molecule has 4 rings (SSSR count). The highest BCUT2D eigenvalue weighted by Crippen LogP contribution is 2.36. The Balaban J connectivity index is 1.46. The predicted octanol–water partition coefficient (Wildman–Crippen LogP) is 2.83. The predicted molar refractivity (Wildman–Crippen MR) is 107 cm³/mol. The van der Waals surface area contributed by atoms with Gasteiger partial charge in [-0.05, 0) is 55.9 Å². The number of nitrogens with two attached hydrogens (primary N) is 1. The van der Waals surface area contributed by atoms with E-state index in [1.54, 1.807) is 0 Å². The van der Waals surface area contributed by atoms with E-state index in [2.05, 4.69) is 5.32 Å². The van der Waals surface area contributed by atoms with Crippen molar-refractivity contribution < 1.29 is 27.5 Å². The Morgan fingerprint density at radius 2 is 1.84 bits per heavy atom. The third kappa shape index (κ3) is 4.79. The van der Waals surface area contributed by atoms with Crippen molar-refractivity contribution in [2.75, 3.05) is 24.8 Å². The number of benzene rings is 1. The van der Waals surface area contributed by atoms with E-state index in [4.69, 9.17) is 10.5 Å². The van der Waals surface area contributed by atoms with E-state index >= 15 is 0 Å². The van der Waals surface area contributed by atoms with E-state index in [0.29, 0.717) is 24.6 Å². The molecule has 0 bridgehead atoms. The molecule has 0 spiro atoms. The number of rotatable bonds is 3. The summed E-state index contributed by atoms with van der Waals surface area (Å²) >= 11 is 0.